The largest absolute Gasteiger partial charge is 0.490 e. The van der Waals surface area contributed by atoms with Gasteiger partial charge in [0.15, 0.2) is 0 Å². The highest BCUT2D eigenvalue weighted by molar-refractivity contribution is 5.60. The van der Waals surface area contributed by atoms with E-state index >= 15 is 0 Å². The number of nitrogens with zero attached hydrogens (tertiary/aromatic N) is 1. The molecule has 1 aliphatic heterocycles. The molecule has 0 aromatic heterocycles. The molecule has 1 atom stereocenters. The average molecular weight is 137 g/mol. The predicted octanol–water partition coefficient (Wildman–Crippen LogP) is 1.52. The molecule has 0 bridgehead atoms. The summed E-state index contributed by atoms with van der Waals surface area (Å²) < 4.78 is 5.39. The molecule has 0 aromatic carbocycles. The molecule has 1 aliphatic carbocycles. The Labute approximate surface area is 60.6 Å². The highest BCUT2D eigenvalue weighted by atomic mass is 16.5. The van der Waals surface area contributed by atoms with Gasteiger partial charge in [-0.05, 0) is 25.3 Å². The van der Waals surface area contributed by atoms with Crippen molar-refractivity contribution in [1.29, 1.82) is 0 Å². The first-order valence-corrected chi connectivity index (χ1v) is 3.81. The molecule has 0 spiro atoms. The first-order chi connectivity index (χ1) is 4.97. The summed E-state index contributed by atoms with van der Waals surface area (Å²) in [7, 11) is 0. The van der Waals surface area contributed by atoms with E-state index < -0.39 is 0 Å². The van der Waals surface area contributed by atoms with Gasteiger partial charge in [0.2, 0.25) is 0 Å². The molecule has 2 nitrogen and oxygen atoms in total. The normalized spacial score (nSPS) is 30.4. The maximum Gasteiger partial charge on any atom is 0.123 e. The fourth-order valence-corrected chi connectivity index (χ4v) is 1.44. The first-order valence-electron chi connectivity index (χ1n) is 3.81. The van der Waals surface area contributed by atoms with Gasteiger partial charge < -0.3 is 4.74 Å². The molecule has 2 aliphatic rings. The van der Waals surface area contributed by atoms with Gasteiger partial charge in [0.1, 0.15) is 18.4 Å². The minimum absolute atomic E-state index is 0.363. The van der Waals surface area contributed by atoms with E-state index in [1.54, 1.807) is 0 Å². The van der Waals surface area contributed by atoms with Gasteiger partial charge in [0, 0.05) is 6.21 Å². The zero-order chi connectivity index (χ0) is 6.81. The van der Waals surface area contributed by atoms with E-state index in [0.29, 0.717) is 12.6 Å². The van der Waals surface area contributed by atoms with Crippen molar-refractivity contribution in [2.75, 3.05) is 6.61 Å². The second kappa shape index (κ2) is 2.45. The lowest BCUT2D eigenvalue weighted by Crippen LogP contribution is -2.20. The van der Waals surface area contributed by atoms with Gasteiger partial charge in [-0.15, -0.1) is 0 Å². The minimum Gasteiger partial charge on any atom is -0.490 e. The third kappa shape index (κ3) is 0.939. The van der Waals surface area contributed by atoms with Crippen molar-refractivity contribution in [2.24, 2.45) is 4.99 Å². The maximum absolute atomic E-state index is 5.39. The van der Waals surface area contributed by atoms with Gasteiger partial charge in [-0.1, -0.05) is 0 Å². The van der Waals surface area contributed by atoms with E-state index in [2.05, 4.69) is 11.1 Å². The van der Waals surface area contributed by atoms with E-state index in [1.807, 2.05) is 6.21 Å². The second-order valence-corrected chi connectivity index (χ2v) is 2.70. The van der Waals surface area contributed by atoms with Crippen LogP contribution in [0.5, 0.6) is 0 Å². The molecule has 1 heterocycles. The van der Waals surface area contributed by atoms with Crippen LogP contribution in [0.25, 0.3) is 0 Å². The van der Waals surface area contributed by atoms with Gasteiger partial charge in [-0.2, -0.15) is 0 Å². The van der Waals surface area contributed by atoms with Crippen LogP contribution in [0.15, 0.2) is 16.8 Å². The molecule has 10 heavy (non-hydrogen) atoms. The molecule has 0 saturated heterocycles. The average Bonchev–Trinajstić information content (AvgIpc) is 2.05. The lowest BCUT2D eigenvalue weighted by Gasteiger charge is -2.23. The molecule has 2 rings (SSSR count). The first kappa shape index (κ1) is 5.96. The number of ether oxygens (including phenoxy) is 1. The number of fused-ring (bicyclic) bond motifs is 1. The molecule has 0 N–H and O–H groups in total. The number of hydrogen-bond donors (Lipinski definition) is 0. The number of hydrogen-bond acceptors (Lipinski definition) is 2. The summed E-state index contributed by atoms with van der Waals surface area (Å²) in [6.45, 7) is 0.669. The molecule has 1 unspecified atom stereocenters. The van der Waals surface area contributed by atoms with Crippen molar-refractivity contribution in [3.8, 4) is 0 Å². The summed E-state index contributed by atoms with van der Waals surface area (Å²) in [6.07, 6.45) is 7.64. The molecular formula is C8H11NO. The SMILES string of the molecule is C1=NC2CCCC=C2OC1. The zero-order valence-electron chi connectivity index (χ0n) is 5.92. The second-order valence-electron chi connectivity index (χ2n) is 2.70. The maximum atomic E-state index is 5.39. The Balaban J connectivity index is 2.20. The molecule has 2 heteroatoms. The summed E-state index contributed by atoms with van der Waals surface area (Å²) in [6, 6.07) is 0.363. The van der Waals surface area contributed by atoms with Crippen LogP contribution in [0.3, 0.4) is 0 Å². The van der Waals surface area contributed by atoms with Crippen molar-refractivity contribution < 1.29 is 4.74 Å². The van der Waals surface area contributed by atoms with Gasteiger partial charge in [0.05, 0.1) is 0 Å². The summed E-state index contributed by atoms with van der Waals surface area (Å²) in [5, 5.41) is 0. The van der Waals surface area contributed by atoms with Crippen LogP contribution in [-0.4, -0.2) is 18.9 Å². The van der Waals surface area contributed by atoms with E-state index in [1.165, 1.54) is 19.3 Å². The van der Waals surface area contributed by atoms with Crippen molar-refractivity contribution >= 4 is 6.21 Å². The number of allylic oxidation sites excluding steroid dienone is 1. The van der Waals surface area contributed by atoms with Crippen LogP contribution < -0.4 is 0 Å². The Kier molecular flexibility index (Phi) is 1.46. The quantitative estimate of drug-likeness (QED) is 0.496. The van der Waals surface area contributed by atoms with Crippen LogP contribution >= 0.6 is 0 Å². The van der Waals surface area contributed by atoms with E-state index in [4.69, 9.17) is 4.74 Å². The highest BCUT2D eigenvalue weighted by Crippen LogP contribution is 2.23. The van der Waals surface area contributed by atoms with Crippen LogP contribution in [0.1, 0.15) is 19.3 Å². The summed E-state index contributed by atoms with van der Waals surface area (Å²) in [5.41, 5.74) is 0. The lowest BCUT2D eigenvalue weighted by molar-refractivity contribution is 0.216. The molecule has 0 fully saturated rings. The van der Waals surface area contributed by atoms with Crippen molar-refractivity contribution in [3.05, 3.63) is 11.8 Å². The van der Waals surface area contributed by atoms with E-state index in [9.17, 15) is 0 Å². The zero-order valence-corrected chi connectivity index (χ0v) is 5.92. The third-order valence-corrected chi connectivity index (χ3v) is 1.97. The molecule has 54 valence electrons. The van der Waals surface area contributed by atoms with E-state index in [-0.39, 0.29) is 0 Å². The van der Waals surface area contributed by atoms with Crippen LogP contribution in [0.2, 0.25) is 0 Å². The predicted molar refractivity (Wildman–Crippen MR) is 40.2 cm³/mol. The monoisotopic (exact) mass is 137 g/mol. The van der Waals surface area contributed by atoms with Crippen LogP contribution in [-0.2, 0) is 4.74 Å². The minimum atomic E-state index is 0.363. The molecule has 0 amide bonds. The van der Waals surface area contributed by atoms with Gasteiger partial charge >= 0.3 is 0 Å². The fraction of sp³-hybridized carbons (Fsp3) is 0.625. The van der Waals surface area contributed by atoms with Gasteiger partial charge in [-0.3, -0.25) is 4.99 Å². The standard InChI is InChI=1S/C8H11NO/c1-2-4-8-7(3-1)9-5-6-10-8/h4-5,7H,1-3,6H2. The Morgan fingerprint density at radius 3 is 3.50 bits per heavy atom. The summed E-state index contributed by atoms with van der Waals surface area (Å²) >= 11 is 0. The Hall–Kier alpha value is -0.790. The number of rotatable bonds is 0. The smallest absolute Gasteiger partial charge is 0.123 e. The van der Waals surface area contributed by atoms with Crippen molar-refractivity contribution in [2.45, 2.75) is 25.3 Å². The Bertz CT molecular complexity index is 184. The molecular weight excluding hydrogens is 126 g/mol. The van der Waals surface area contributed by atoms with Crippen LogP contribution in [0, 0.1) is 0 Å². The molecule has 0 saturated carbocycles. The molecule has 0 aromatic rings. The van der Waals surface area contributed by atoms with Crippen molar-refractivity contribution in [1.82, 2.24) is 0 Å². The fourth-order valence-electron chi connectivity index (χ4n) is 1.44. The Morgan fingerprint density at radius 1 is 1.60 bits per heavy atom. The van der Waals surface area contributed by atoms with Crippen LogP contribution in [0.4, 0.5) is 0 Å². The van der Waals surface area contributed by atoms with Gasteiger partial charge in [-0.25, -0.2) is 0 Å². The van der Waals surface area contributed by atoms with Gasteiger partial charge in [0.25, 0.3) is 0 Å². The number of aliphatic imine (C=N–C) groups is 1. The third-order valence-electron chi connectivity index (χ3n) is 1.97. The molecule has 0 radical (unpaired) electrons. The topological polar surface area (TPSA) is 21.6 Å². The Morgan fingerprint density at radius 2 is 2.60 bits per heavy atom. The summed E-state index contributed by atoms with van der Waals surface area (Å²) in [5.74, 6) is 1.11. The van der Waals surface area contributed by atoms with Crippen molar-refractivity contribution in [3.63, 3.8) is 0 Å². The van der Waals surface area contributed by atoms with E-state index in [0.717, 1.165) is 5.76 Å². The lowest BCUT2D eigenvalue weighted by atomic mass is 10.0. The highest BCUT2D eigenvalue weighted by Gasteiger charge is 2.19. The summed E-state index contributed by atoms with van der Waals surface area (Å²) in [4.78, 5) is 4.33.